The van der Waals surface area contributed by atoms with Crippen LogP contribution in [0.4, 0.5) is 0 Å². The van der Waals surface area contributed by atoms with Crippen molar-refractivity contribution in [2.24, 2.45) is 0 Å². The molecule has 2 aromatic rings. The fourth-order valence-corrected chi connectivity index (χ4v) is 5.91. The first-order chi connectivity index (χ1) is 19.5. The molecule has 1 N–H and O–H groups in total. The van der Waals surface area contributed by atoms with Gasteiger partial charge in [0.25, 0.3) is 11.7 Å². The lowest BCUT2D eigenvalue weighted by molar-refractivity contribution is -0.139. The van der Waals surface area contributed by atoms with Crippen LogP contribution in [0, 0.1) is 0 Å². The maximum absolute atomic E-state index is 13.2. The monoisotopic (exact) mass is 611 g/mol. The number of halogens is 1. The van der Waals surface area contributed by atoms with Crippen molar-refractivity contribution in [2.75, 3.05) is 13.7 Å². The third-order valence-corrected chi connectivity index (χ3v) is 8.32. The van der Waals surface area contributed by atoms with E-state index in [1.807, 2.05) is 30.3 Å². The Bertz CT molecular complexity index is 1110. The van der Waals surface area contributed by atoms with Gasteiger partial charge in [-0.25, -0.2) is 0 Å². The van der Waals surface area contributed by atoms with Crippen LogP contribution in [0.5, 0.6) is 5.75 Å². The number of benzene rings is 2. The highest BCUT2D eigenvalue weighted by atomic mass is 79.9. The van der Waals surface area contributed by atoms with Crippen LogP contribution >= 0.6 is 15.9 Å². The van der Waals surface area contributed by atoms with E-state index in [9.17, 15) is 14.7 Å². The van der Waals surface area contributed by atoms with E-state index in [2.05, 4.69) is 22.9 Å². The summed E-state index contributed by atoms with van der Waals surface area (Å²) in [5.41, 5.74) is 1.42. The lowest BCUT2D eigenvalue weighted by Crippen LogP contribution is -2.30. The maximum Gasteiger partial charge on any atom is 0.295 e. The fraction of sp³-hybridized carbons (Fsp3) is 0.529. The molecule has 1 atom stereocenters. The molecule has 0 aliphatic carbocycles. The fourth-order valence-electron chi connectivity index (χ4n) is 5.51. The van der Waals surface area contributed by atoms with Crippen molar-refractivity contribution in [2.45, 2.75) is 103 Å². The second-order valence-electron chi connectivity index (χ2n) is 10.9. The average molecular weight is 613 g/mol. The number of carbonyl (C=O) groups excluding carboxylic acids is 2. The Hall–Kier alpha value is -2.60. The number of hydrogen-bond acceptors (Lipinski definition) is 4. The maximum atomic E-state index is 13.2. The summed E-state index contributed by atoms with van der Waals surface area (Å²) in [4.78, 5) is 28.0. The van der Waals surface area contributed by atoms with Crippen molar-refractivity contribution in [1.29, 1.82) is 0 Å². The number of rotatable bonds is 18. The van der Waals surface area contributed by atoms with Gasteiger partial charge in [0.15, 0.2) is 0 Å². The van der Waals surface area contributed by atoms with Crippen LogP contribution in [-0.2, 0) is 9.59 Å². The zero-order valence-corrected chi connectivity index (χ0v) is 25.9. The van der Waals surface area contributed by atoms with Crippen molar-refractivity contribution >= 4 is 33.4 Å². The number of likely N-dealkylation sites (tertiary alicyclic amines) is 1. The molecule has 3 rings (SSSR count). The molecule has 1 aliphatic rings. The second-order valence-corrected chi connectivity index (χ2v) is 11.8. The van der Waals surface area contributed by atoms with Gasteiger partial charge in [-0.2, -0.15) is 0 Å². The number of aliphatic hydroxyl groups is 1. The Balaban J connectivity index is 1.55. The molecule has 1 amide bonds. The van der Waals surface area contributed by atoms with E-state index in [4.69, 9.17) is 4.74 Å². The first-order valence-corrected chi connectivity index (χ1v) is 16.0. The topological polar surface area (TPSA) is 66.8 Å². The molecule has 0 saturated carbocycles. The van der Waals surface area contributed by atoms with Gasteiger partial charge in [-0.05, 0) is 36.2 Å². The molecule has 1 heterocycles. The largest absolute Gasteiger partial charge is 0.507 e. The summed E-state index contributed by atoms with van der Waals surface area (Å²) < 4.78 is 6.09. The van der Waals surface area contributed by atoms with Crippen LogP contribution in [-0.4, -0.2) is 35.4 Å². The van der Waals surface area contributed by atoms with Gasteiger partial charge in [0.2, 0.25) is 0 Å². The molecule has 1 unspecified atom stereocenters. The lowest BCUT2D eigenvalue weighted by Gasteiger charge is -2.25. The van der Waals surface area contributed by atoms with E-state index < -0.39 is 17.7 Å². The summed E-state index contributed by atoms with van der Waals surface area (Å²) in [6, 6.07) is 13.9. The molecule has 0 bridgehead atoms. The van der Waals surface area contributed by atoms with Gasteiger partial charge >= 0.3 is 0 Å². The first kappa shape index (κ1) is 31.9. The molecule has 40 heavy (non-hydrogen) atoms. The van der Waals surface area contributed by atoms with Crippen LogP contribution in [0.1, 0.15) is 114 Å². The number of amides is 1. The number of aliphatic hydroxyl groups excluding tert-OH is 1. The predicted molar refractivity (Wildman–Crippen MR) is 166 cm³/mol. The lowest BCUT2D eigenvalue weighted by atomic mass is 9.95. The van der Waals surface area contributed by atoms with Crippen LogP contribution in [0.25, 0.3) is 5.76 Å². The van der Waals surface area contributed by atoms with Crippen molar-refractivity contribution in [3.05, 3.63) is 69.7 Å². The molecule has 1 saturated heterocycles. The van der Waals surface area contributed by atoms with E-state index in [0.29, 0.717) is 17.9 Å². The SMILES string of the molecule is CCCCCCCCCCCCCCCCN1C(=O)C(=O)/C(=C(/O)c2cccc(Br)c2)C1c1ccc(OC)cc1. The minimum Gasteiger partial charge on any atom is -0.507 e. The van der Waals surface area contributed by atoms with E-state index in [-0.39, 0.29) is 11.3 Å². The zero-order chi connectivity index (χ0) is 28.7. The van der Waals surface area contributed by atoms with Crippen molar-refractivity contribution in [3.8, 4) is 5.75 Å². The third-order valence-electron chi connectivity index (χ3n) is 7.82. The molecule has 218 valence electrons. The molecule has 2 aromatic carbocycles. The van der Waals surface area contributed by atoms with E-state index in [1.54, 1.807) is 30.2 Å². The zero-order valence-electron chi connectivity index (χ0n) is 24.3. The molecule has 1 fully saturated rings. The molecule has 0 radical (unpaired) electrons. The van der Waals surface area contributed by atoms with Crippen molar-refractivity contribution < 1.29 is 19.4 Å². The van der Waals surface area contributed by atoms with Crippen molar-refractivity contribution in [3.63, 3.8) is 0 Å². The summed E-state index contributed by atoms with van der Waals surface area (Å²) in [5, 5.41) is 11.2. The van der Waals surface area contributed by atoms with Gasteiger partial charge < -0.3 is 14.7 Å². The minimum absolute atomic E-state index is 0.138. The predicted octanol–water partition coefficient (Wildman–Crippen LogP) is 9.36. The summed E-state index contributed by atoms with van der Waals surface area (Å²) >= 11 is 3.43. The molecular weight excluding hydrogens is 566 g/mol. The first-order valence-electron chi connectivity index (χ1n) is 15.2. The van der Waals surface area contributed by atoms with Gasteiger partial charge in [-0.1, -0.05) is 131 Å². The number of unbranched alkanes of at least 4 members (excludes halogenated alkanes) is 13. The number of methoxy groups -OCH3 is 1. The van der Waals surface area contributed by atoms with Gasteiger partial charge in [0.05, 0.1) is 18.7 Å². The quantitative estimate of drug-likeness (QED) is 0.0789. The van der Waals surface area contributed by atoms with E-state index in [1.165, 1.54) is 70.6 Å². The Labute approximate surface area is 249 Å². The van der Waals surface area contributed by atoms with Gasteiger partial charge in [-0.15, -0.1) is 0 Å². The highest BCUT2D eigenvalue weighted by Crippen LogP contribution is 2.40. The number of Topliss-reactive ketones (excluding diaryl/α,β-unsaturated/α-hetero) is 1. The summed E-state index contributed by atoms with van der Waals surface area (Å²) in [6.45, 7) is 2.74. The Morgan fingerprint density at radius 2 is 1.38 bits per heavy atom. The summed E-state index contributed by atoms with van der Waals surface area (Å²) in [6.07, 6.45) is 17.6. The van der Waals surface area contributed by atoms with Crippen molar-refractivity contribution in [1.82, 2.24) is 4.90 Å². The summed E-state index contributed by atoms with van der Waals surface area (Å²) in [5.74, 6) is -0.640. The molecule has 6 heteroatoms. The van der Waals surface area contributed by atoms with Gasteiger partial charge in [0.1, 0.15) is 11.5 Å². The molecular formula is C34H46BrNO4. The van der Waals surface area contributed by atoms with Crippen LogP contribution in [0.15, 0.2) is 58.6 Å². The molecule has 0 spiro atoms. The number of ketones is 1. The minimum atomic E-state index is -0.636. The van der Waals surface area contributed by atoms with Crippen LogP contribution in [0.3, 0.4) is 0 Å². The Morgan fingerprint density at radius 1 is 0.825 bits per heavy atom. The van der Waals surface area contributed by atoms with E-state index >= 15 is 0 Å². The van der Waals surface area contributed by atoms with Gasteiger partial charge in [0, 0.05) is 16.6 Å². The smallest absolute Gasteiger partial charge is 0.295 e. The number of hydrogen-bond donors (Lipinski definition) is 1. The average Bonchev–Trinajstić information content (AvgIpc) is 3.22. The number of nitrogens with zero attached hydrogens (tertiary/aromatic N) is 1. The highest BCUT2D eigenvalue weighted by molar-refractivity contribution is 9.10. The number of carbonyl (C=O) groups is 2. The molecule has 5 nitrogen and oxygen atoms in total. The van der Waals surface area contributed by atoms with Crippen LogP contribution < -0.4 is 4.74 Å². The molecule has 0 aromatic heterocycles. The normalized spacial score (nSPS) is 16.6. The van der Waals surface area contributed by atoms with E-state index in [0.717, 1.165) is 29.3 Å². The second kappa shape index (κ2) is 17.3. The Kier molecular flexibility index (Phi) is 13.8. The Morgan fingerprint density at radius 3 is 1.90 bits per heavy atom. The summed E-state index contributed by atoms with van der Waals surface area (Å²) in [7, 11) is 1.60. The van der Waals surface area contributed by atoms with Crippen LogP contribution in [0.2, 0.25) is 0 Å². The third kappa shape index (κ3) is 9.22. The number of ether oxygens (including phenoxy) is 1. The highest BCUT2D eigenvalue weighted by Gasteiger charge is 2.45. The van der Waals surface area contributed by atoms with Gasteiger partial charge in [-0.3, -0.25) is 9.59 Å². The standard InChI is InChI=1S/C34H46BrNO4/c1-3-4-5-6-7-8-9-10-11-12-13-14-15-16-24-36-31(26-20-22-29(40-2)23-21-26)30(33(38)34(36)39)32(37)27-18-17-19-28(35)25-27/h17-23,25,31,37H,3-16,24H2,1-2H3/b32-30+. The molecule has 1 aliphatic heterocycles.